The molecule has 8 aromatic carbocycles. The number of imidazole rings is 1. The molecule has 0 saturated carbocycles. The minimum Gasteiger partial charge on any atom is -0.455 e. The lowest BCUT2D eigenvalue weighted by Gasteiger charge is -2.24. The Kier molecular flexibility index (Phi) is 8.87. The van der Waals surface area contributed by atoms with Crippen LogP contribution in [0.1, 0.15) is 50.7 Å². The maximum Gasteiger partial charge on any atom is 0.149 e. The number of rotatable bonds is 8. The number of fused-ring (bicyclic) bond motifs is 4. The van der Waals surface area contributed by atoms with Gasteiger partial charge in [-0.2, -0.15) is 0 Å². The van der Waals surface area contributed by atoms with E-state index in [4.69, 9.17) is 9.40 Å². The molecule has 0 radical (unpaired) electrons. The van der Waals surface area contributed by atoms with E-state index in [-0.39, 0.29) is 11.8 Å². The van der Waals surface area contributed by atoms with Crippen molar-refractivity contribution in [3.63, 3.8) is 0 Å². The van der Waals surface area contributed by atoms with E-state index in [0.717, 1.165) is 55.5 Å². The van der Waals surface area contributed by atoms with Crippen molar-refractivity contribution in [1.82, 2.24) is 9.55 Å². The summed E-state index contributed by atoms with van der Waals surface area (Å²) in [7, 11) is 0. The summed E-state index contributed by atoms with van der Waals surface area (Å²) in [5, 5.41) is 2.16. The summed E-state index contributed by atoms with van der Waals surface area (Å²) in [6.45, 7) is 9.19. The number of hydrogen-bond acceptors (Lipinski definition) is 2. The van der Waals surface area contributed by atoms with E-state index in [1.807, 2.05) is 0 Å². The molecule has 0 spiro atoms. The van der Waals surface area contributed by atoms with Gasteiger partial charge < -0.3 is 4.42 Å². The highest BCUT2D eigenvalue weighted by molar-refractivity contribution is 6.10. The third kappa shape index (κ3) is 6.20. The quantitative estimate of drug-likeness (QED) is 0.155. The summed E-state index contributed by atoms with van der Waals surface area (Å²) in [6.07, 6.45) is 0. The average Bonchev–Trinajstić information content (AvgIpc) is 3.85. The first-order valence-corrected chi connectivity index (χ1v) is 20.3. The lowest BCUT2D eigenvalue weighted by atomic mass is 9.88. The molecule has 0 saturated heterocycles. The standard InChI is InChI=1S/C55H44N2O/c1-35(2)48-32-44(39-21-12-7-13-22-39)33-49(36(3)4)53(48)57-51-26-15-14-25-50(51)56-55(57)47-24-16-23-46-45-28-27-40(34-52(45)58-54(46)47)43-30-41(37-17-8-5-9-18-37)29-42(31-43)38-19-10-6-11-20-38/h5-36H,1-4H3. The zero-order valence-electron chi connectivity index (χ0n) is 33.3. The summed E-state index contributed by atoms with van der Waals surface area (Å²) >= 11 is 0. The molecule has 58 heavy (non-hydrogen) atoms. The summed E-state index contributed by atoms with van der Waals surface area (Å²) < 4.78 is 9.40. The first-order chi connectivity index (χ1) is 28.4. The zero-order valence-corrected chi connectivity index (χ0v) is 33.3. The van der Waals surface area contributed by atoms with Gasteiger partial charge in [0.05, 0.1) is 22.3 Å². The van der Waals surface area contributed by atoms with Crippen molar-refractivity contribution >= 4 is 33.0 Å². The number of para-hydroxylation sites is 3. The predicted molar refractivity (Wildman–Crippen MR) is 244 cm³/mol. The molecule has 0 atom stereocenters. The number of benzene rings is 8. The van der Waals surface area contributed by atoms with Crippen LogP contribution in [-0.4, -0.2) is 9.55 Å². The zero-order chi connectivity index (χ0) is 39.3. The Morgan fingerprint density at radius 1 is 0.431 bits per heavy atom. The lowest BCUT2D eigenvalue weighted by Crippen LogP contribution is -2.09. The Balaban J connectivity index is 1.17. The highest BCUT2D eigenvalue weighted by atomic mass is 16.3. The van der Waals surface area contributed by atoms with Crippen LogP contribution in [0.25, 0.3) is 94.6 Å². The van der Waals surface area contributed by atoms with Crippen LogP contribution in [0.3, 0.4) is 0 Å². The van der Waals surface area contributed by atoms with Crippen LogP contribution in [0.5, 0.6) is 0 Å². The van der Waals surface area contributed by atoms with Crippen LogP contribution in [0.2, 0.25) is 0 Å². The van der Waals surface area contributed by atoms with E-state index in [0.29, 0.717) is 0 Å². The Hall–Kier alpha value is -6.97. The van der Waals surface area contributed by atoms with Gasteiger partial charge in [0.1, 0.15) is 17.0 Å². The molecule has 0 amide bonds. The van der Waals surface area contributed by atoms with Crippen LogP contribution in [0, 0.1) is 0 Å². The average molecular weight is 749 g/mol. The van der Waals surface area contributed by atoms with Crippen molar-refractivity contribution in [2.24, 2.45) is 0 Å². The molecular formula is C55H44N2O. The topological polar surface area (TPSA) is 31.0 Å². The predicted octanol–water partition coefficient (Wildman–Crippen LogP) is 15.5. The number of furan rings is 1. The summed E-state index contributed by atoms with van der Waals surface area (Å²) in [6, 6.07) is 65.3. The van der Waals surface area contributed by atoms with Crippen molar-refractivity contribution in [1.29, 1.82) is 0 Å². The van der Waals surface area contributed by atoms with Gasteiger partial charge in [-0.25, -0.2) is 4.98 Å². The van der Waals surface area contributed by atoms with Crippen LogP contribution in [-0.2, 0) is 0 Å². The number of aromatic nitrogens is 2. The minimum atomic E-state index is 0.272. The Labute approximate surface area is 339 Å². The normalized spacial score (nSPS) is 11.8. The molecular weight excluding hydrogens is 705 g/mol. The van der Waals surface area contributed by atoms with Gasteiger partial charge in [-0.15, -0.1) is 0 Å². The molecule has 280 valence electrons. The molecule has 3 heteroatoms. The van der Waals surface area contributed by atoms with E-state index >= 15 is 0 Å². The van der Waals surface area contributed by atoms with E-state index < -0.39 is 0 Å². The van der Waals surface area contributed by atoms with Crippen LogP contribution in [0.15, 0.2) is 186 Å². The number of hydrogen-bond donors (Lipinski definition) is 0. The molecule has 2 heterocycles. The second-order valence-electron chi connectivity index (χ2n) is 16.0. The molecule has 0 unspecified atom stereocenters. The Morgan fingerprint density at radius 3 is 1.52 bits per heavy atom. The van der Waals surface area contributed by atoms with Crippen LogP contribution < -0.4 is 0 Å². The first-order valence-electron chi connectivity index (χ1n) is 20.3. The van der Waals surface area contributed by atoms with Gasteiger partial charge in [0.2, 0.25) is 0 Å². The van der Waals surface area contributed by atoms with Crippen LogP contribution >= 0.6 is 0 Å². The van der Waals surface area contributed by atoms with E-state index in [1.54, 1.807) is 0 Å². The van der Waals surface area contributed by atoms with Crippen molar-refractivity contribution in [3.05, 3.63) is 193 Å². The van der Waals surface area contributed by atoms with Crippen LogP contribution in [0.4, 0.5) is 0 Å². The SMILES string of the molecule is CC(C)c1cc(-c2ccccc2)cc(C(C)C)c1-n1c(-c2cccc3c2oc2cc(-c4cc(-c5ccccc5)cc(-c5ccccc5)c4)ccc23)nc2ccccc21. The highest BCUT2D eigenvalue weighted by Crippen LogP contribution is 2.43. The molecule has 3 nitrogen and oxygen atoms in total. The van der Waals surface area contributed by atoms with Gasteiger partial charge in [-0.05, 0) is 128 Å². The smallest absolute Gasteiger partial charge is 0.149 e. The van der Waals surface area contributed by atoms with Gasteiger partial charge in [0, 0.05) is 10.8 Å². The molecule has 2 aromatic heterocycles. The van der Waals surface area contributed by atoms with E-state index in [1.165, 1.54) is 50.2 Å². The third-order valence-electron chi connectivity index (χ3n) is 11.5. The lowest BCUT2D eigenvalue weighted by molar-refractivity contribution is 0.669. The fourth-order valence-electron chi connectivity index (χ4n) is 8.59. The molecule has 0 N–H and O–H groups in total. The molecule has 0 aliphatic rings. The van der Waals surface area contributed by atoms with Crippen molar-refractivity contribution < 1.29 is 4.42 Å². The van der Waals surface area contributed by atoms with Crippen molar-refractivity contribution in [3.8, 4) is 61.6 Å². The first kappa shape index (κ1) is 35.4. The molecule has 10 aromatic rings. The summed E-state index contributed by atoms with van der Waals surface area (Å²) in [5.41, 5.74) is 18.0. The second kappa shape index (κ2) is 14.5. The maximum atomic E-state index is 7.00. The highest BCUT2D eigenvalue weighted by Gasteiger charge is 2.25. The monoisotopic (exact) mass is 748 g/mol. The minimum absolute atomic E-state index is 0.272. The summed E-state index contributed by atoms with van der Waals surface area (Å²) in [5.74, 6) is 1.42. The maximum absolute atomic E-state index is 7.00. The van der Waals surface area contributed by atoms with Gasteiger partial charge in [-0.1, -0.05) is 149 Å². The van der Waals surface area contributed by atoms with Crippen molar-refractivity contribution in [2.45, 2.75) is 39.5 Å². The molecule has 0 aliphatic carbocycles. The fraction of sp³-hybridized carbons (Fsp3) is 0.109. The van der Waals surface area contributed by atoms with Crippen molar-refractivity contribution in [2.75, 3.05) is 0 Å². The number of nitrogens with zero attached hydrogens (tertiary/aromatic N) is 2. The molecule has 0 bridgehead atoms. The summed E-state index contributed by atoms with van der Waals surface area (Å²) in [4.78, 5) is 5.41. The molecule has 0 aliphatic heterocycles. The van der Waals surface area contributed by atoms with Gasteiger partial charge in [0.25, 0.3) is 0 Å². The van der Waals surface area contributed by atoms with Gasteiger partial charge >= 0.3 is 0 Å². The fourth-order valence-corrected chi connectivity index (χ4v) is 8.59. The second-order valence-corrected chi connectivity index (χ2v) is 16.0. The van der Waals surface area contributed by atoms with Gasteiger partial charge in [-0.3, -0.25) is 4.57 Å². The Morgan fingerprint density at radius 2 is 0.948 bits per heavy atom. The Bertz CT molecular complexity index is 3010. The molecule has 10 rings (SSSR count). The third-order valence-corrected chi connectivity index (χ3v) is 11.5. The molecule has 0 fully saturated rings. The van der Waals surface area contributed by atoms with E-state index in [2.05, 4.69) is 214 Å². The van der Waals surface area contributed by atoms with Gasteiger partial charge in [0.15, 0.2) is 0 Å². The largest absolute Gasteiger partial charge is 0.455 e. The van der Waals surface area contributed by atoms with E-state index in [9.17, 15) is 0 Å².